The summed E-state index contributed by atoms with van der Waals surface area (Å²) in [5.74, 6) is 0.803. The number of para-hydroxylation sites is 1. The summed E-state index contributed by atoms with van der Waals surface area (Å²) in [4.78, 5) is 10.3. The lowest BCUT2D eigenvalue weighted by molar-refractivity contribution is 0.472. The predicted molar refractivity (Wildman–Crippen MR) is 239 cm³/mol. The van der Waals surface area contributed by atoms with Gasteiger partial charge in [0.25, 0.3) is 0 Å². The number of phenolic OH excluding ortho intramolecular Hbond substituents is 1. The van der Waals surface area contributed by atoms with Crippen LogP contribution < -0.4 is 0 Å². The highest BCUT2D eigenvalue weighted by atomic mass is 16.3. The van der Waals surface area contributed by atoms with Crippen LogP contribution in [-0.4, -0.2) is 19.6 Å². The Morgan fingerprint density at radius 1 is 0.649 bits per heavy atom. The Kier molecular flexibility index (Phi) is 8.21. The zero-order chi connectivity index (χ0) is 44.4. The van der Waals surface area contributed by atoms with Gasteiger partial charge in [0.1, 0.15) is 11.6 Å². The van der Waals surface area contributed by atoms with Crippen LogP contribution in [0.2, 0.25) is 0 Å². The molecule has 2 heterocycles. The third-order valence-corrected chi connectivity index (χ3v) is 11.3. The Bertz CT molecular complexity index is 3020. The Morgan fingerprint density at radius 3 is 2.14 bits per heavy atom. The molecule has 8 aromatic rings. The normalized spacial score (nSPS) is 13.2. The molecule has 8 rings (SSSR count). The van der Waals surface area contributed by atoms with E-state index >= 15 is 0 Å². The number of benzene rings is 6. The lowest BCUT2D eigenvalue weighted by Gasteiger charge is -2.26. The predicted octanol–water partition coefficient (Wildman–Crippen LogP) is 14.1. The molecule has 0 fully saturated rings. The summed E-state index contributed by atoms with van der Waals surface area (Å²) in [7, 11) is 0. The number of aryl methyl sites for hydroxylation is 2. The maximum Gasteiger partial charge on any atom is 0.149 e. The average Bonchev–Trinajstić information content (AvgIpc) is 3.65. The van der Waals surface area contributed by atoms with Gasteiger partial charge in [-0.05, 0) is 124 Å². The molecule has 0 amide bonds. The molecule has 6 aromatic carbocycles. The number of phenols is 1. The molecule has 0 radical (unpaired) electrons. The van der Waals surface area contributed by atoms with Gasteiger partial charge in [-0.25, -0.2) is 4.98 Å². The molecule has 0 aliphatic rings. The first-order valence-electron chi connectivity index (χ1n) is 22.1. The summed E-state index contributed by atoms with van der Waals surface area (Å²) in [6, 6.07) is 35.5. The van der Waals surface area contributed by atoms with Gasteiger partial charge in [-0.3, -0.25) is 9.55 Å². The van der Waals surface area contributed by atoms with Crippen LogP contribution in [0.3, 0.4) is 0 Å². The first-order chi connectivity index (χ1) is 29.4. The molecule has 1 N–H and O–H groups in total. The van der Waals surface area contributed by atoms with Crippen molar-refractivity contribution in [1.82, 2.24) is 14.5 Å². The fourth-order valence-corrected chi connectivity index (χ4v) is 7.59. The molecule has 0 unspecified atom stereocenters. The standard InChI is InChI=1S/C53H51N3O/c1-9-53(7,8)41-23-24-47(44(33-41)37-19-14-11-15-20-37)56-48-22-16-21-43(49(48)55-51(56)45-28-34(2)27-35(3)50(45)57)39-29-40(31-42(30-39)52(4,5)6)46-32-38(25-26-54-46)36-17-12-10-13-18-36/h10-33,57H,9H2,1-8H3/i10D,12D,13D,17D,18D. The van der Waals surface area contributed by atoms with Crippen LogP contribution in [0.1, 0.15) is 77.1 Å². The van der Waals surface area contributed by atoms with E-state index in [1.807, 2.05) is 32.0 Å². The minimum absolute atomic E-state index is 0.0557. The minimum atomic E-state index is -0.429. The van der Waals surface area contributed by atoms with Gasteiger partial charge < -0.3 is 5.11 Å². The molecular weight excluding hydrogens is 695 g/mol. The molecule has 0 spiro atoms. The van der Waals surface area contributed by atoms with E-state index in [-0.39, 0.29) is 46.3 Å². The van der Waals surface area contributed by atoms with Gasteiger partial charge in [0.15, 0.2) is 0 Å². The average molecular weight is 751 g/mol. The third kappa shape index (κ3) is 7.17. The highest BCUT2D eigenvalue weighted by molar-refractivity contribution is 5.98. The van der Waals surface area contributed by atoms with Gasteiger partial charge >= 0.3 is 0 Å². The topological polar surface area (TPSA) is 50.9 Å². The zero-order valence-electron chi connectivity index (χ0n) is 39.0. The van der Waals surface area contributed by atoms with E-state index in [1.165, 1.54) is 5.56 Å². The zero-order valence-corrected chi connectivity index (χ0v) is 34.0. The Hall–Kier alpha value is -6.26. The quantitative estimate of drug-likeness (QED) is 0.168. The molecule has 4 heteroatoms. The number of hydrogen-bond acceptors (Lipinski definition) is 3. The third-order valence-electron chi connectivity index (χ3n) is 11.3. The fraction of sp³-hybridized carbons (Fsp3) is 0.208. The minimum Gasteiger partial charge on any atom is -0.507 e. The molecule has 0 saturated heterocycles. The van der Waals surface area contributed by atoms with Crippen LogP contribution >= 0.6 is 0 Å². The number of rotatable bonds is 8. The highest BCUT2D eigenvalue weighted by Crippen LogP contribution is 2.43. The van der Waals surface area contributed by atoms with Gasteiger partial charge in [0.2, 0.25) is 0 Å². The van der Waals surface area contributed by atoms with E-state index in [0.717, 1.165) is 67.6 Å². The lowest BCUT2D eigenvalue weighted by atomic mass is 9.81. The van der Waals surface area contributed by atoms with Crippen molar-refractivity contribution in [2.24, 2.45) is 0 Å². The van der Waals surface area contributed by atoms with Gasteiger partial charge in [0, 0.05) is 22.9 Å². The number of aromatic hydroxyl groups is 1. The molecule has 4 nitrogen and oxygen atoms in total. The van der Waals surface area contributed by atoms with E-state index in [4.69, 9.17) is 16.8 Å². The number of fused-ring (bicyclic) bond motifs is 1. The van der Waals surface area contributed by atoms with Crippen LogP contribution in [0.15, 0.2) is 146 Å². The van der Waals surface area contributed by atoms with Crippen molar-refractivity contribution in [3.05, 3.63) is 168 Å². The first kappa shape index (κ1) is 31.9. The van der Waals surface area contributed by atoms with Gasteiger partial charge in [-0.15, -0.1) is 0 Å². The molecule has 2 aromatic heterocycles. The van der Waals surface area contributed by atoms with Gasteiger partial charge in [-0.2, -0.15) is 0 Å². The van der Waals surface area contributed by atoms with E-state index in [0.29, 0.717) is 22.6 Å². The number of imidazole rings is 1. The number of pyridine rings is 1. The Morgan fingerprint density at radius 2 is 1.40 bits per heavy atom. The van der Waals surface area contributed by atoms with Crippen molar-refractivity contribution < 1.29 is 12.0 Å². The van der Waals surface area contributed by atoms with Crippen LogP contribution in [0.5, 0.6) is 5.75 Å². The van der Waals surface area contributed by atoms with Crippen LogP contribution in [0.25, 0.3) is 72.7 Å². The first-order valence-corrected chi connectivity index (χ1v) is 19.6. The maximum absolute atomic E-state index is 11.8. The van der Waals surface area contributed by atoms with Crippen LogP contribution in [0.4, 0.5) is 0 Å². The fourth-order valence-electron chi connectivity index (χ4n) is 7.59. The SMILES string of the molecule is [2H]c1c([2H])c([2H])c(-c2ccnc(-c3cc(-c4cccc5c4nc(-c4cc(C)cc(C)c4O)n5-c4ccc(C(C)(C)CC)cc4-c4ccccc4)cc(C(C)(C)C)c3)c2)c([2H])c1[2H]. The van der Waals surface area contributed by atoms with Crippen molar-refractivity contribution in [3.63, 3.8) is 0 Å². The molecule has 0 aliphatic heterocycles. The molecule has 284 valence electrons. The number of hydrogen-bond donors (Lipinski definition) is 1. The van der Waals surface area contributed by atoms with Crippen molar-refractivity contribution in [1.29, 1.82) is 0 Å². The smallest absolute Gasteiger partial charge is 0.149 e. The molecule has 0 saturated carbocycles. The molecule has 57 heavy (non-hydrogen) atoms. The summed E-state index contributed by atoms with van der Waals surface area (Å²) >= 11 is 0. The van der Waals surface area contributed by atoms with E-state index in [1.54, 1.807) is 18.3 Å². The van der Waals surface area contributed by atoms with Crippen LogP contribution in [-0.2, 0) is 10.8 Å². The monoisotopic (exact) mass is 750 g/mol. The van der Waals surface area contributed by atoms with Crippen molar-refractivity contribution in [3.8, 4) is 67.5 Å². The van der Waals surface area contributed by atoms with E-state index in [2.05, 4.69) is 125 Å². The Labute approximate surface area is 344 Å². The van der Waals surface area contributed by atoms with Crippen LogP contribution in [0, 0.1) is 13.8 Å². The molecule has 0 atom stereocenters. The highest BCUT2D eigenvalue weighted by Gasteiger charge is 2.26. The van der Waals surface area contributed by atoms with Crippen molar-refractivity contribution in [2.75, 3.05) is 0 Å². The lowest BCUT2D eigenvalue weighted by Crippen LogP contribution is -2.16. The summed E-state index contributed by atoms with van der Waals surface area (Å²) in [6.07, 6.45) is 2.60. The molecule has 0 aliphatic carbocycles. The summed E-state index contributed by atoms with van der Waals surface area (Å²) < 4.78 is 44.2. The number of nitrogens with zero attached hydrogens (tertiary/aromatic N) is 3. The molecular formula is C53H51N3O. The van der Waals surface area contributed by atoms with Crippen molar-refractivity contribution >= 4 is 11.0 Å². The van der Waals surface area contributed by atoms with Gasteiger partial charge in [0.05, 0.1) is 34.8 Å². The second-order valence-corrected chi connectivity index (χ2v) is 16.7. The second kappa shape index (κ2) is 14.7. The van der Waals surface area contributed by atoms with Crippen molar-refractivity contribution in [2.45, 2.75) is 72.6 Å². The Balaban J connectivity index is 1.41. The second-order valence-electron chi connectivity index (χ2n) is 16.7. The van der Waals surface area contributed by atoms with E-state index < -0.39 is 6.04 Å². The summed E-state index contributed by atoms with van der Waals surface area (Å²) in [6.45, 7) is 17.2. The van der Waals surface area contributed by atoms with E-state index in [9.17, 15) is 5.11 Å². The number of aromatic nitrogens is 3. The summed E-state index contributed by atoms with van der Waals surface area (Å²) in [5.41, 5.74) is 12.9. The maximum atomic E-state index is 11.8. The largest absolute Gasteiger partial charge is 0.507 e. The van der Waals surface area contributed by atoms with Gasteiger partial charge in [-0.1, -0.05) is 132 Å². The molecule has 0 bridgehead atoms. The summed E-state index contributed by atoms with van der Waals surface area (Å²) in [5, 5.41) is 11.8.